The number of hydrogen-bond acceptors (Lipinski definition) is 6. The van der Waals surface area contributed by atoms with Gasteiger partial charge in [-0.25, -0.2) is 8.42 Å². The highest BCUT2D eigenvalue weighted by molar-refractivity contribution is 7.90. The predicted molar refractivity (Wildman–Crippen MR) is 77.2 cm³/mol. The van der Waals surface area contributed by atoms with Crippen LogP contribution in [0.25, 0.3) is 0 Å². The van der Waals surface area contributed by atoms with Gasteiger partial charge in [-0.2, -0.15) is 0 Å². The van der Waals surface area contributed by atoms with Crippen molar-refractivity contribution in [2.24, 2.45) is 5.73 Å². The van der Waals surface area contributed by atoms with Crippen molar-refractivity contribution in [3.63, 3.8) is 0 Å². The first kappa shape index (κ1) is 17.4. The number of nitrogens with zero attached hydrogens (tertiary/aromatic N) is 1. The second kappa shape index (κ2) is 7.92. The van der Waals surface area contributed by atoms with E-state index in [0.717, 1.165) is 25.9 Å². The molecule has 2 atom stereocenters. The molecular formula is C12H25N3O4S. The summed E-state index contributed by atoms with van der Waals surface area (Å²) >= 11 is 0. The molecule has 1 saturated heterocycles. The van der Waals surface area contributed by atoms with Crippen LogP contribution < -0.4 is 11.1 Å². The molecule has 1 heterocycles. The Labute approximate surface area is 120 Å². The maximum Gasteiger partial charge on any atom is 0.237 e. The Balaban J connectivity index is 2.29. The monoisotopic (exact) mass is 307 g/mol. The van der Waals surface area contributed by atoms with Crippen molar-refractivity contribution in [3.05, 3.63) is 0 Å². The molecule has 2 unspecified atom stereocenters. The quantitative estimate of drug-likeness (QED) is 0.599. The largest absolute Gasteiger partial charge is 0.379 e. The normalized spacial score (nSPS) is 20.4. The number of hydrogen-bond donors (Lipinski definition) is 2. The lowest BCUT2D eigenvalue weighted by Gasteiger charge is -2.29. The minimum atomic E-state index is -3.09. The molecule has 0 aromatic rings. The van der Waals surface area contributed by atoms with Gasteiger partial charge in [0.05, 0.1) is 25.0 Å². The van der Waals surface area contributed by atoms with E-state index in [1.54, 1.807) is 0 Å². The molecule has 3 N–H and O–H groups in total. The summed E-state index contributed by atoms with van der Waals surface area (Å²) in [4.78, 5) is 14.1. The summed E-state index contributed by atoms with van der Waals surface area (Å²) in [5, 5.41) is 2.82. The molecular weight excluding hydrogens is 282 g/mol. The molecule has 20 heavy (non-hydrogen) atoms. The number of sulfone groups is 1. The Morgan fingerprint density at radius 1 is 1.40 bits per heavy atom. The summed E-state index contributed by atoms with van der Waals surface area (Å²) in [5.41, 5.74) is 5.70. The van der Waals surface area contributed by atoms with Gasteiger partial charge >= 0.3 is 0 Å². The van der Waals surface area contributed by atoms with E-state index in [1.165, 1.54) is 0 Å². The zero-order chi connectivity index (χ0) is 15.2. The van der Waals surface area contributed by atoms with Gasteiger partial charge in [0.2, 0.25) is 5.91 Å². The van der Waals surface area contributed by atoms with E-state index in [2.05, 4.69) is 10.2 Å². The Hall–Kier alpha value is -0.700. The van der Waals surface area contributed by atoms with Crippen LogP contribution in [0.5, 0.6) is 0 Å². The van der Waals surface area contributed by atoms with E-state index in [4.69, 9.17) is 10.5 Å². The predicted octanol–water partition coefficient (Wildman–Crippen LogP) is -1.41. The lowest BCUT2D eigenvalue weighted by atomic mass is 10.2. The Kier molecular flexibility index (Phi) is 6.87. The molecule has 1 aliphatic rings. The first-order valence-electron chi connectivity index (χ1n) is 6.81. The zero-order valence-corrected chi connectivity index (χ0v) is 13.0. The van der Waals surface area contributed by atoms with Gasteiger partial charge in [0, 0.05) is 31.9 Å². The number of carbonyl (C=O) groups is 1. The van der Waals surface area contributed by atoms with Crippen LogP contribution in [0.1, 0.15) is 13.3 Å². The Morgan fingerprint density at radius 3 is 2.55 bits per heavy atom. The molecule has 1 amide bonds. The summed E-state index contributed by atoms with van der Waals surface area (Å²) in [6.45, 7) is 5.81. The number of morpholine rings is 1. The smallest absolute Gasteiger partial charge is 0.237 e. The highest BCUT2D eigenvalue weighted by atomic mass is 32.2. The van der Waals surface area contributed by atoms with E-state index in [-0.39, 0.29) is 24.1 Å². The summed E-state index contributed by atoms with van der Waals surface area (Å²) < 4.78 is 27.3. The minimum absolute atomic E-state index is 0.0233. The van der Waals surface area contributed by atoms with E-state index >= 15 is 0 Å². The maximum atomic E-state index is 11.8. The van der Waals surface area contributed by atoms with Gasteiger partial charge in [0.15, 0.2) is 0 Å². The van der Waals surface area contributed by atoms with Gasteiger partial charge in [-0.05, 0) is 13.3 Å². The van der Waals surface area contributed by atoms with Crippen LogP contribution >= 0.6 is 0 Å². The third-order valence-corrected chi connectivity index (χ3v) is 4.14. The number of amides is 1. The van der Waals surface area contributed by atoms with Crippen molar-refractivity contribution >= 4 is 15.7 Å². The molecule has 0 aromatic carbocycles. The van der Waals surface area contributed by atoms with Crippen molar-refractivity contribution in [1.29, 1.82) is 0 Å². The first-order valence-corrected chi connectivity index (χ1v) is 8.88. The molecule has 1 aliphatic heterocycles. The number of rotatable bonds is 7. The number of nitrogens with one attached hydrogen (secondary N) is 1. The van der Waals surface area contributed by atoms with Crippen molar-refractivity contribution in [2.75, 3.05) is 44.9 Å². The first-order chi connectivity index (χ1) is 9.28. The van der Waals surface area contributed by atoms with Gasteiger partial charge in [-0.15, -0.1) is 0 Å². The van der Waals surface area contributed by atoms with Crippen LogP contribution in [0.4, 0.5) is 0 Å². The molecule has 1 fully saturated rings. The van der Waals surface area contributed by atoms with E-state index in [1.807, 2.05) is 6.92 Å². The molecule has 0 spiro atoms. The SMILES string of the molecule is CC(CN1CCOCC1)NC(=O)C(N)CCS(C)(=O)=O. The van der Waals surface area contributed by atoms with Crippen LogP contribution in [0, 0.1) is 0 Å². The highest BCUT2D eigenvalue weighted by Crippen LogP contribution is 2.00. The lowest BCUT2D eigenvalue weighted by Crippen LogP contribution is -2.50. The Morgan fingerprint density at radius 2 is 2.00 bits per heavy atom. The fourth-order valence-electron chi connectivity index (χ4n) is 2.04. The molecule has 1 rings (SSSR count). The summed E-state index contributed by atoms with van der Waals surface area (Å²) in [7, 11) is -3.09. The fraction of sp³-hybridized carbons (Fsp3) is 0.917. The summed E-state index contributed by atoms with van der Waals surface area (Å²) in [6, 6.07) is -0.804. The molecule has 118 valence electrons. The fourth-order valence-corrected chi connectivity index (χ4v) is 2.72. The highest BCUT2D eigenvalue weighted by Gasteiger charge is 2.19. The van der Waals surface area contributed by atoms with Crippen LogP contribution in [0.15, 0.2) is 0 Å². The van der Waals surface area contributed by atoms with E-state index in [9.17, 15) is 13.2 Å². The minimum Gasteiger partial charge on any atom is -0.379 e. The third kappa shape index (κ3) is 7.18. The van der Waals surface area contributed by atoms with E-state index in [0.29, 0.717) is 13.2 Å². The maximum absolute atomic E-state index is 11.8. The molecule has 0 radical (unpaired) electrons. The Bertz CT molecular complexity index is 407. The standard InChI is InChI=1S/C12H25N3O4S/c1-10(9-15-4-6-19-7-5-15)14-12(16)11(13)3-8-20(2,17)18/h10-11H,3-9,13H2,1-2H3,(H,14,16). The third-order valence-electron chi connectivity index (χ3n) is 3.16. The summed E-state index contributed by atoms with van der Waals surface area (Å²) in [5.74, 6) is -0.367. The van der Waals surface area contributed by atoms with Gasteiger partial charge in [0.25, 0.3) is 0 Å². The number of ether oxygens (including phenoxy) is 1. The van der Waals surface area contributed by atoms with Gasteiger partial charge in [-0.1, -0.05) is 0 Å². The molecule has 7 nitrogen and oxygen atoms in total. The second-order valence-electron chi connectivity index (χ2n) is 5.35. The van der Waals surface area contributed by atoms with Gasteiger partial charge in [0.1, 0.15) is 9.84 Å². The molecule has 0 aliphatic carbocycles. The average molecular weight is 307 g/mol. The van der Waals surface area contributed by atoms with Gasteiger partial charge in [-0.3, -0.25) is 9.69 Å². The van der Waals surface area contributed by atoms with Crippen LogP contribution in [-0.4, -0.2) is 76.2 Å². The average Bonchev–Trinajstić information content (AvgIpc) is 2.36. The van der Waals surface area contributed by atoms with Crippen molar-refractivity contribution < 1.29 is 17.9 Å². The van der Waals surface area contributed by atoms with Gasteiger partial charge < -0.3 is 15.8 Å². The molecule has 0 aromatic heterocycles. The van der Waals surface area contributed by atoms with Crippen LogP contribution in [-0.2, 0) is 19.4 Å². The number of nitrogens with two attached hydrogens (primary N) is 1. The lowest BCUT2D eigenvalue weighted by molar-refractivity contribution is -0.123. The summed E-state index contributed by atoms with van der Waals surface area (Å²) in [6.07, 6.45) is 1.29. The van der Waals surface area contributed by atoms with Crippen LogP contribution in [0.2, 0.25) is 0 Å². The zero-order valence-electron chi connectivity index (χ0n) is 12.2. The van der Waals surface area contributed by atoms with Crippen molar-refractivity contribution in [1.82, 2.24) is 10.2 Å². The second-order valence-corrected chi connectivity index (χ2v) is 7.61. The van der Waals surface area contributed by atoms with Crippen molar-refractivity contribution in [3.8, 4) is 0 Å². The van der Waals surface area contributed by atoms with Crippen LogP contribution in [0.3, 0.4) is 0 Å². The number of carbonyl (C=O) groups excluding carboxylic acids is 1. The van der Waals surface area contributed by atoms with Crippen molar-refractivity contribution in [2.45, 2.75) is 25.4 Å². The topological polar surface area (TPSA) is 102 Å². The molecule has 0 bridgehead atoms. The molecule has 8 heteroatoms. The molecule has 0 saturated carbocycles. The van der Waals surface area contributed by atoms with E-state index < -0.39 is 15.9 Å².